The second-order valence-corrected chi connectivity index (χ2v) is 4.63. The van der Waals surface area contributed by atoms with Gasteiger partial charge in [-0.2, -0.15) is 0 Å². The molecule has 1 aromatic heterocycles. The Morgan fingerprint density at radius 1 is 1.59 bits per heavy atom. The Labute approximate surface area is 102 Å². The minimum Gasteiger partial charge on any atom is -0.384 e. The van der Waals surface area contributed by atoms with Gasteiger partial charge in [0.2, 0.25) is 0 Å². The smallest absolute Gasteiger partial charge is 0.123 e. The largest absolute Gasteiger partial charge is 0.384 e. The average molecular weight is 236 g/mol. The van der Waals surface area contributed by atoms with Gasteiger partial charge in [0.15, 0.2) is 0 Å². The predicted molar refractivity (Wildman–Crippen MR) is 67.1 cm³/mol. The SMILES string of the molecule is COC1(C(Cc2ccnc(N)c2)NN)CCC1. The zero-order chi connectivity index (χ0) is 12.3. The lowest BCUT2D eigenvalue weighted by Crippen LogP contribution is -2.59. The highest BCUT2D eigenvalue weighted by Gasteiger charge is 2.43. The van der Waals surface area contributed by atoms with Gasteiger partial charge in [-0.3, -0.25) is 11.3 Å². The summed E-state index contributed by atoms with van der Waals surface area (Å²) in [6.45, 7) is 0. The first-order chi connectivity index (χ1) is 8.20. The van der Waals surface area contributed by atoms with Crippen molar-refractivity contribution < 1.29 is 4.74 Å². The van der Waals surface area contributed by atoms with Gasteiger partial charge < -0.3 is 10.5 Å². The van der Waals surface area contributed by atoms with Crippen molar-refractivity contribution in [2.45, 2.75) is 37.3 Å². The van der Waals surface area contributed by atoms with Crippen LogP contribution >= 0.6 is 0 Å². The number of methoxy groups -OCH3 is 1. The number of nitrogen functional groups attached to an aromatic ring is 1. The molecule has 1 unspecified atom stereocenters. The van der Waals surface area contributed by atoms with Crippen molar-refractivity contribution in [3.63, 3.8) is 0 Å². The van der Waals surface area contributed by atoms with E-state index in [0.29, 0.717) is 5.82 Å². The molecule has 0 saturated heterocycles. The molecule has 0 amide bonds. The molecule has 0 aliphatic heterocycles. The van der Waals surface area contributed by atoms with Crippen molar-refractivity contribution in [1.29, 1.82) is 0 Å². The van der Waals surface area contributed by atoms with E-state index < -0.39 is 0 Å². The van der Waals surface area contributed by atoms with Gasteiger partial charge in [0, 0.05) is 13.3 Å². The number of rotatable bonds is 5. The van der Waals surface area contributed by atoms with E-state index in [1.54, 1.807) is 13.3 Å². The molecule has 1 saturated carbocycles. The lowest BCUT2D eigenvalue weighted by Gasteiger charge is -2.46. The number of ether oxygens (including phenoxy) is 1. The molecule has 1 aromatic rings. The van der Waals surface area contributed by atoms with Crippen LogP contribution in [0.2, 0.25) is 0 Å². The number of aromatic nitrogens is 1. The number of nitrogens with zero attached hydrogens (tertiary/aromatic N) is 1. The molecule has 5 N–H and O–H groups in total. The van der Waals surface area contributed by atoms with E-state index in [-0.39, 0.29) is 11.6 Å². The lowest BCUT2D eigenvalue weighted by molar-refractivity contribution is -0.0982. The summed E-state index contributed by atoms with van der Waals surface area (Å²) in [4.78, 5) is 3.98. The lowest BCUT2D eigenvalue weighted by atomic mass is 9.73. The minimum atomic E-state index is -0.118. The molecule has 1 atom stereocenters. The number of pyridine rings is 1. The molecule has 0 bridgehead atoms. The summed E-state index contributed by atoms with van der Waals surface area (Å²) in [5, 5.41) is 0. The van der Waals surface area contributed by atoms with Gasteiger partial charge in [-0.25, -0.2) is 4.98 Å². The zero-order valence-electron chi connectivity index (χ0n) is 10.1. The molecule has 0 aromatic carbocycles. The molecule has 17 heavy (non-hydrogen) atoms. The molecular weight excluding hydrogens is 216 g/mol. The number of hydrogen-bond acceptors (Lipinski definition) is 5. The van der Waals surface area contributed by atoms with Gasteiger partial charge in [-0.1, -0.05) is 0 Å². The van der Waals surface area contributed by atoms with Gasteiger partial charge in [-0.15, -0.1) is 0 Å². The van der Waals surface area contributed by atoms with E-state index in [0.717, 1.165) is 24.8 Å². The summed E-state index contributed by atoms with van der Waals surface area (Å²) in [7, 11) is 1.75. The summed E-state index contributed by atoms with van der Waals surface area (Å²) < 4.78 is 5.64. The fourth-order valence-electron chi connectivity index (χ4n) is 2.47. The molecule has 94 valence electrons. The van der Waals surface area contributed by atoms with Crippen LogP contribution in [0.15, 0.2) is 18.3 Å². The van der Waals surface area contributed by atoms with Crippen LogP contribution < -0.4 is 17.0 Å². The molecule has 1 aliphatic rings. The van der Waals surface area contributed by atoms with Crippen LogP contribution in [0.4, 0.5) is 5.82 Å². The van der Waals surface area contributed by atoms with Crippen LogP contribution in [-0.2, 0) is 11.2 Å². The van der Waals surface area contributed by atoms with Crippen molar-refractivity contribution in [3.05, 3.63) is 23.9 Å². The van der Waals surface area contributed by atoms with E-state index in [1.807, 2.05) is 12.1 Å². The van der Waals surface area contributed by atoms with Crippen molar-refractivity contribution in [2.24, 2.45) is 5.84 Å². The molecule has 1 fully saturated rings. The Morgan fingerprint density at radius 2 is 2.35 bits per heavy atom. The first kappa shape index (κ1) is 12.3. The van der Waals surface area contributed by atoms with Crippen molar-refractivity contribution >= 4 is 5.82 Å². The molecular formula is C12H20N4O. The van der Waals surface area contributed by atoms with E-state index in [1.165, 1.54) is 6.42 Å². The summed E-state index contributed by atoms with van der Waals surface area (Å²) in [5.74, 6) is 6.19. The molecule has 5 nitrogen and oxygen atoms in total. The molecule has 1 aliphatic carbocycles. The van der Waals surface area contributed by atoms with E-state index in [2.05, 4.69) is 10.4 Å². The zero-order valence-corrected chi connectivity index (χ0v) is 10.1. The molecule has 0 radical (unpaired) electrons. The van der Waals surface area contributed by atoms with Gasteiger partial charge in [0.1, 0.15) is 5.82 Å². The number of nitrogens with one attached hydrogen (secondary N) is 1. The normalized spacial score (nSPS) is 19.6. The summed E-state index contributed by atoms with van der Waals surface area (Å²) in [6.07, 6.45) is 5.83. The third kappa shape index (κ3) is 2.41. The molecule has 1 heterocycles. The highest BCUT2D eigenvalue weighted by Crippen LogP contribution is 2.38. The number of nitrogens with two attached hydrogens (primary N) is 2. The van der Waals surface area contributed by atoms with E-state index in [9.17, 15) is 0 Å². The monoisotopic (exact) mass is 236 g/mol. The van der Waals surface area contributed by atoms with Crippen LogP contribution in [-0.4, -0.2) is 23.7 Å². The fourth-order valence-corrected chi connectivity index (χ4v) is 2.47. The summed E-state index contributed by atoms with van der Waals surface area (Å²) >= 11 is 0. The van der Waals surface area contributed by atoms with Crippen LogP contribution in [0, 0.1) is 0 Å². The topological polar surface area (TPSA) is 86.2 Å². The Kier molecular flexibility index (Phi) is 3.61. The number of hydrazine groups is 1. The Hall–Kier alpha value is -1.17. The van der Waals surface area contributed by atoms with Crippen LogP contribution in [0.3, 0.4) is 0 Å². The summed E-state index contributed by atoms with van der Waals surface area (Å²) in [6, 6.07) is 3.96. The highest BCUT2D eigenvalue weighted by molar-refractivity contribution is 5.32. The second kappa shape index (κ2) is 5.00. The maximum absolute atomic E-state index is 5.67. The second-order valence-electron chi connectivity index (χ2n) is 4.63. The van der Waals surface area contributed by atoms with Crippen molar-refractivity contribution in [3.8, 4) is 0 Å². The molecule has 2 rings (SSSR count). The van der Waals surface area contributed by atoms with Gasteiger partial charge >= 0.3 is 0 Å². The third-order valence-electron chi connectivity index (χ3n) is 3.73. The molecule has 5 heteroatoms. The van der Waals surface area contributed by atoms with Gasteiger partial charge in [-0.05, 0) is 43.4 Å². The number of hydrogen-bond donors (Lipinski definition) is 3. The summed E-state index contributed by atoms with van der Waals surface area (Å²) in [5.41, 5.74) is 9.56. The van der Waals surface area contributed by atoms with Crippen molar-refractivity contribution in [1.82, 2.24) is 10.4 Å². The maximum atomic E-state index is 5.67. The first-order valence-electron chi connectivity index (χ1n) is 5.92. The standard InChI is InChI=1S/C12H20N4O/c1-17-12(4-2-5-12)10(16-14)7-9-3-6-15-11(13)8-9/h3,6,8,10,16H,2,4-5,7,14H2,1H3,(H2,13,15). The van der Waals surface area contributed by atoms with Crippen LogP contribution in [0.1, 0.15) is 24.8 Å². The maximum Gasteiger partial charge on any atom is 0.123 e. The first-order valence-corrected chi connectivity index (χ1v) is 5.92. The fraction of sp³-hybridized carbons (Fsp3) is 0.583. The van der Waals surface area contributed by atoms with Crippen LogP contribution in [0.5, 0.6) is 0 Å². The van der Waals surface area contributed by atoms with Gasteiger partial charge in [0.05, 0.1) is 11.6 Å². The third-order valence-corrected chi connectivity index (χ3v) is 3.73. The van der Waals surface area contributed by atoms with Crippen LogP contribution in [0.25, 0.3) is 0 Å². The predicted octanol–water partition coefficient (Wildman–Crippen LogP) is 0.607. The Bertz CT molecular complexity index is 373. The quantitative estimate of drug-likeness (QED) is 0.515. The van der Waals surface area contributed by atoms with Crippen molar-refractivity contribution in [2.75, 3.05) is 12.8 Å². The van der Waals surface area contributed by atoms with E-state index >= 15 is 0 Å². The van der Waals surface area contributed by atoms with E-state index in [4.69, 9.17) is 16.3 Å². The Morgan fingerprint density at radius 3 is 2.82 bits per heavy atom. The average Bonchev–Trinajstić information content (AvgIpc) is 2.27. The van der Waals surface area contributed by atoms with Gasteiger partial charge in [0.25, 0.3) is 0 Å². The highest BCUT2D eigenvalue weighted by atomic mass is 16.5. The molecule has 0 spiro atoms. The Balaban J connectivity index is 2.09. The minimum absolute atomic E-state index is 0.114. The number of anilines is 1.